The minimum Gasteiger partial charge on any atom is -0.405 e. The number of pyridine rings is 1. The molecule has 0 aliphatic heterocycles. The van der Waals surface area contributed by atoms with Gasteiger partial charge in [-0.1, -0.05) is 31.2 Å². The summed E-state index contributed by atoms with van der Waals surface area (Å²) >= 11 is 0. The fourth-order valence-electron chi connectivity index (χ4n) is 2.87. The molecule has 2 aromatic rings. The minimum absolute atomic E-state index is 0.303. The van der Waals surface area contributed by atoms with Crippen LogP contribution in [0, 0.1) is 5.92 Å². The smallest absolute Gasteiger partial charge is 0.405 e. The van der Waals surface area contributed by atoms with Crippen LogP contribution >= 0.6 is 0 Å². The first-order valence-corrected chi connectivity index (χ1v) is 7.77. The first-order valence-electron chi connectivity index (χ1n) is 7.77. The summed E-state index contributed by atoms with van der Waals surface area (Å²) in [6.07, 6.45) is -3.51. The Hall–Kier alpha value is -2.18. The molecule has 3 rings (SSSR count). The van der Waals surface area contributed by atoms with Crippen molar-refractivity contribution in [1.82, 2.24) is 4.98 Å². The molecule has 1 saturated carbocycles. The van der Waals surface area contributed by atoms with Crippen LogP contribution in [0.3, 0.4) is 0 Å². The third-order valence-corrected chi connectivity index (χ3v) is 4.15. The van der Waals surface area contributed by atoms with E-state index in [1.54, 1.807) is 12.1 Å². The lowest BCUT2D eigenvalue weighted by molar-refractivity contribution is -0.274. The predicted molar refractivity (Wildman–Crippen MR) is 81.3 cm³/mol. The second-order valence-corrected chi connectivity index (χ2v) is 5.83. The molecule has 0 saturated heterocycles. The Morgan fingerprint density at radius 3 is 2.48 bits per heavy atom. The van der Waals surface area contributed by atoms with Crippen LogP contribution in [-0.2, 0) is 5.92 Å². The highest BCUT2D eigenvalue weighted by Crippen LogP contribution is 2.57. The zero-order chi connectivity index (χ0) is 18.2. The second kappa shape index (κ2) is 6.28. The normalized spacial score (nSPS) is 18.2. The van der Waals surface area contributed by atoms with E-state index >= 15 is 0 Å². The van der Waals surface area contributed by atoms with Crippen LogP contribution in [0.25, 0.3) is 0 Å². The molecule has 133 valence electrons. The molecule has 0 spiro atoms. The molecule has 0 N–H and O–H groups in total. The van der Waals surface area contributed by atoms with E-state index in [-0.39, 0.29) is 17.4 Å². The summed E-state index contributed by atoms with van der Waals surface area (Å²) in [7, 11) is 0. The zero-order valence-electron chi connectivity index (χ0n) is 13.3. The van der Waals surface area contributed by atoms with Crippen molar-refractivity contribution in [3.05, 3.63) is 65.3 Å². The lowest BCUT2D eigenvalue weighted by Gasteiger charge is -2.17. The first kappa shape index (κ1) is 17.6. The van der Waals surface area contributed by atoms with E-state index < -0.39 is 18.7 Å². The van der Waals surface area contributed by atoms with Crippen LogP contribution in [0.5, 0.6) is 5.75 Å². The van der Waals surface area contributed by atoms with E-state index in [1.807, 2.05) is 0 Å². The molecule has 1 heterocycles. The lowest BCUT2D eigenvalue weighted by atomic mass is 9.99. The Morgan fingerprint density at radius 2 is 1.80 bits per heavy atom. The van der Waals surface area contributed by atoms with Crippen molar-refractivity contribution in [2.24, 2.45) is 0 Å². The van der Waals surface area contributed by atoms with Crippen molar-refractivity contribution < 1.29 is 26.7 Å². The van der Waals surface area contributed by atoms with Crippen molar-refractivity contribution in [1.29, 1.82) is 0 Å². The van der Waals surface area contributed by atoms with Gasteiger partial charge in [0.2, 0.25) is 0 Å². The Kier molecular flexibility index (Phi) is 4.43. The van der Waals surface area contributed by atoms with Gasteiger partial charge in [-0.15, -0.1) is 13.2 Å². The Labute approximate surface area is 141 Å². The van der Waals surface area contributed by atoms with Crippen molar-refractivity contribution >= 4 is 0 Å². The largest absolute Gasteiger partial charge is 0.573 e. The maximum atomic E-state index is 14.1. The third-order valence-electron chi connectivity index (χ3n) is 4.15. The van der Waals surface area contributed by atoms with E-state index in [2.05, 4.69) is 9.72 Å². The molecule has 1 fully saturated rings. The average molecular weight is 356 g/mol. The monoisotopic (exact) mass is 356 g/mol. The van der Waals surface area contributed by atoms with Crippen molar-refractivity contribution in [3.8, 4) is 5.75 Å². The minimum atomic E-state index is -4.81. The number of rotatable bonds is 5. The molecule has 0 bridgehead atoms. The highest BCUT2D eigenvalue weighted by molar-refractivity contribution is 5.55. The summed E-state index contributed by atoms with van der Waals surface area (Å²) in [6.45, 7) is 1.36. The number of nitrogens with zero attached hydrogens (tertiary/aromatic N) is 1. The van der Waals surface area contributed by atoms with Gasteiger partial charge < -0.3 is 4.74 Å². The van der Waals surface area contributed by atoms with Crippen LogP contribution < -0.4 is 4.74 Å². The number of hydrogen-bond donors (Lipinski definition) is 0. The van der Waals surface area contributed by atoms with Crippen LogP contribution in [-0.4, -0.2) is 11.3 Å². The van der Waals surface area contributed by atoms with Gasteiger partial charge in [0, 0.05) is 18.5 Å². The number of hydrogen-bond acceptors (Lipinski definition) is 2. The van der Waals surface area contributed by atoms with Crippen molar-refractivity contribution in [2.45, 2.75) is 38.0 Å². The van der Waals surface area contributed by atoms with Gasteiger partial charge in [0.15, 0.2) is 0 Å². The summed E-state index contributed by atoms with van der Waals surface area (Å²) < 4.78 is 70.0. The Balaban J connectivity index is 1.90. The van der Waals surface area contributed by atoms with Gasteiger partial charge in [0.25, 0.3) is 5.92 Å². The number of alkyl halides is 5. The van der Waals surface area contributed by atoms with Crippen LogP contribution in [0.2, 0.25) is 0 Å². The topological polar surface area (TPSA) is 22.1 Å². The van der Waals surface area contributed by atoms with Gasteiger partial charge in [0.1, 0.15) is 11.4 Å². The molecule has 25 heavy (non-hydrogen) atoms. The molecular weight excluding hydrogens is 341 g/mol. The number of para-hydroxylation sites is 1. The molecule has 1 radical (unpaired) electrons. The molecule has 7 heteroatoms. The summed E-state index contributed by atoms with van der Waals surface area (Å²) in [5.74, 6) is -3.12. The van der Waals surface area contributed by atoms with Gasteiger partial charge in [-0.25, -0.2) is 0 Å². The number of aromatic nitrogens is 1. The predicted octanol–water partition coefficient (Wildman–Crippen LogP) is 5.59. The Morgan fingerprint density at radius 1 is 1.08 bits per heavy atom. The third kappa shape index (κ3) is 3.75. The first-order chi connectivity index (χ1) is 11.7. The van der Waals surface area contributed by atoms with Crippen molar-refractivity contribution in [3.63, 3.8) is 0 Å². The van der Waals surface area contributed by atoms with Gasteiger partial charge in [0.05, 0.1) is 0 Å². The molecular formula is C18H15F5NO. The van der Waals surface area contributed by atoms with Crippen LogP contribution in [0.15, 0.2) is 42.6 Å². The number of benzene rings is 1. The summed E-state index contributed by atoms with van der Waals surface area (Å²) in [5.41, 5.74) is 0.315. The standard InChI is InChI=1S/C18H15F5NO/c1-2-17(19,20)16-12(7-5-9-24-16)14-10-13(14)11-6-3-4-8-15(11)25-18(21,22)23/h3-9,13H,2,10H2,1H3. The zero-order valence-corrected chi connectivity index (χ0v) is 13.3. The molecule has 1 aliphatic carbocycles. The van der Waals surface area contributed by atoms with E-state index in [0.717, 1.165) is 0 Å². The lowest BCUT2D eigenvalue weighted by Crippen LogP contribution is -2.18. The van der Waals surface area contributed by atoms with E-state index in [1.165, 1.54) is 37.4 Å². The van der Waals surface area contributed by atoms with Crippen molar-refractivity contribution in [2.75, 3.05) is 0 Å². The highest BCUT2D eigenvalue weighted by Gasteiger charge is 2.47. The quantitative estimate of drug-likeness (QED) is 0.652. The summed E-state index contributed by atoms with van der Waals surface area (Å²) in [4.78, 5) is 3.81. The molecule has 1 aromatic heterocycles. The molecule has 1 unspecified atom stereocenters. The number of ether oxygens (including phenoxy) is 1. The fourth-order valence-corrected chi connectivity index (χ4v) is 2.87. The number of halogens is 5. The summed E-state index contributed by atoms with van der Waals surface area (Å²) in [5, 5.41) is 0. The SMILES string of the molecule is CCC(F)(F)c1ncccc1[C]1CC1c1ccccc1OC(F)(F)F. The Bertz CT molecular complexity index is 759. The molecule has 1 atom stereocenters. The second-order valence-electron chi connectivity index (χ2n) is 5.83. The molecule has 0 amide bonds. The van der Waals surface area contributed by atoms with E-state index in [9.17, 15) is 22.0 Å². The fraction of sp³-hybridized carbons (Fsp3) is 0.333. The highest BCUT2D eigenvalue weighted by atomic mass is 19.4. The van der Waals surface area contributed by atoms with E-state index in [0.29, 0.717) is 23.5 Å². The maximum absolute atomic E-state index is 14.1. The van der Waals surface area contributed by atoms with Gasteiger partial charge in [-0.3, -0.25) is 4.98 Å². The molecule has 1 aromatic carbocycles. The molecule has 2 nitrogen and oxygen atoms in total. The van der Waals surface area contributed by atoms with Gasteiger partial charge >= 0.3 is 6.36 Å². The van der Waals surface area contributed by atoms with Gasteiger partial charge in [-0.2, -0.15) is 8.78 Å². The van der Waals surface area contributed by atoms with Crippen LogP contribution in [0.4, 0.5) is 22.0 Å². The van der Waals surface area contributed by atoms with Crippen LogP contribution in [0.1, 0.15) is 42.5 Å². The average Bonchev–Trinajstić information content (AvgIpc) is 3.34. The molecule has 1 aliphatic rings. The maximum Gasteiger partial charge on any atom is 0.573 e. The van der Waals surface area contributed by atoms with Gasteiger partial charge in [-0.05, 0) is 35.6 Å². The summed E-state index contributed by atoms with van der Waals surface area (Å²) in [6, 6.07) is 8.86. The van der Waals surface area contributed by atoms with E-state index in [4.69, 9.17) is 0 Å².